The highest BCUT2D eigenvalue weighted by Crippen LogP contribution is 2.28. The molecule has 0 fully saturated rings. The predicted octanol–water partition coefficient (Wildman–Crippen LogP) is 3.20. The Morgan fingerprint density at radius 2 is 1.88 bits per heavy atom. The molecule has 0 aliphatic carbocycles. The second-order valence-corrected chi connectivity index (χ2v) is 3.19. The summed E-state index contributed by atoms with van der Waals surface area (Å²) in [6.07, 6.45) is -3.94. The minimum Gasteiger partial charge on any atom is -0.462 e. The van der Waals surface area contributed by atoms with E-state index in [1.807, 2.05) is 0 Å². The molecule has 1 aromatic carbocycles. The third-order valence-corrected chi connectivity index (χ3v) is 1.91. The fraction of sp³-hybridized carbons (Fsp3) is 0.250. The minimum absolute atomic E-state index is 0.0962. The fourth-order valence-corrected chi connectivity index (χ4v) is 1.18. The summed E-state index contributed by atoms with van der Waals surface area (Å²) in [6.45, 7) is 1.36. The molecule has 5 heteroatoms. The summed E-state index contributed by atoms with van der Waals surface area (Å²) in [5.74, 6) is -1.36. The van der Waals surface area contributed by atoms with Gasteiger partial charge in [0.05, 0.1) is 6.61 Å². The first kappa shape index (κ1) is 13.3. The number of carbonyl (C=O) groups excluding carboxylic acids is 1. The maximum absolute atomic E-state index is 12.6. The van der Waals surface area contributed by atoms with Gasteiger partial charge in [-0.1, -0.05) is 30.3 Å². The second kappa shape index (κ2) is 5.52. The minimum atomic E-state index is -4.72. The summed E-state index contributed by atoms with van der Waals surface area (Å²) in [7, 11) is 0. The summed E-state index contributed by atoms with van der Waals surface area (Å²) < 4.78 is 42.2. The highest BCUT2D eigenvalue weighted by atomic mass is 19.4. The standard InChI is InChI=1S/C12H11F3O2/c1-2-17-11(16)10(12(13,14)15)8-9-6-4-3-5-7-9/h3-8H,2H2,1H3/b10-8-. The second-order valence-electron chi connectivity index (χ2n) is 3.19. The highest BCUT2D eigenvalue weighted by molar-refractivity contribution is 5.95. The van der Waals surface area contributed by atoms with Crippen LogP contribution in [0, 0.1) is 0 Å². The average Bonchev–Trinajstić information content (AvgIpc) is 2.26. The average molecular weight is 244 g/mol. The number of halogens is 3. The van der Waals surface area contributed by atoms with Crippen LogP contribution in [0.1, 0.15) is 12.5 Å². The molecule has 0 heterocycles. The van der Waals surface area contributed by atoms with Crippen LogP contribution in [0.5, 0.6) is 0 Å². The first-order valence-electron chi connectivity index (χ1n) is 4.96. The van der Waals surface area contributed by atoms with E-state index in [9.17, 15) is 18.0 Å². The normalized spacial score (nSPS) is 12.4. The van der Waals surface area contributed by atoms with Crippen molar-refractivity contribution in [3.63, 3.8) is 0 Å². The zero-order valence-electron chi connectivity index (χ0n) is 9.12. The molecule has 0 aliphatic heterocycles. The zero-order valence-corrected chi connectivity index (χ0v) is 9.12. The van der Waals surface area contributed by atoms with Gasteiger partial charge in [0, 0.05) is 0 Å². The van der Waals surface area contributed by atoms with E-state index in [1.54, 1.807) is 18.2 Å². The van der Waals surface area contributed by atoms with E-state index >= 15 is 0 Å². The molecule has 1 rings (SSSR count). The Kier molecular flexibility index (Phi) is 4.31. The van der Waals surface area contributed by atoms with Crippen LogP contribution in [-0.4, -0.2) is 18.8 Å². The van der Waals surface area contributed by atoms with E-state index in [1.165, 1.54) is 19.1 Å². The van der Waals surface area contributed by atoms with E-state index in [0.29, 0.717) is 5.56 Å². The molecule has 0 saturated heterocycles. The van der Waals surface area contributed by atoms with Crippen LogP contribution in [0.2, 0.25) is 0 Å². The molecule has 0 radical (unpaired) electrons. The van der Waals surface area contributed by atoms with Gasteiger partial charge in [-0.15, -0.1) is 0 Å². The van der Waals surface area contributed by atoms with Gasteiger partial charge in [-0.2, -0.15) is 13.2 Å². The number of hydrogen-bond donors (Lipinski definition) is 0. The number of alkyl halides is 3. The van der Waals surface area contributed by atoms with Crippen molar-refractivity contribution in [2.24, 2.45) is 0 Å². The van der Waals surface area contributed by atoms with Crippen LogP contribution < -0.4 is 0 Å². The van der Waals surface area contributed by atoms with Crippen molar-refractivity contribution in [2.45, 2.75) is 13.1 Å². The van der Waals surface area contributed by atoms with Gasteiger partial charge in [0.15, 0.2) is 0 Å². The van der Waals surface area contributed by atoms with Crippen molar-refractivity contribution in [3.05, 3.63) is 41.5 Å². The van der Waals surface area contributed by atoms with Crippen molar-refractivity contribution in [1.29, 1.82) is 0 Å². The number of rotatable bonds is 3. The van der Waals surface area contributed by atoms with Crippen LogP contribution in [0.15, 0.2) is 35.9 Å². The number of hydrogen-bond acceptors (Lipinski definition) is 2. The van der Waals surface area contributed by atoms with Crippen LogP contribution in [0.25, 0.3) is 6.08 Å². The summed E-state index contributed by atoms with van der Waals surface area (Å²) in [5.41, 5.74) is -1.00. The Bertz CT molecular complexity index is 408. The van der Waals surface area contributed by atoms with Gasteiger partial charge in [-0.3, -0.25) is 0 Å². The third kappa shape index (κ3) is 3.94. The van der Waals surface area contributed by atoms with Crippen LogP contribution in [0.4, 0.5) is 13.2 Å². The molecule has 0 amide bonds. The van der Waals surface area contributed by atoms with Gasteiger partial charge in [0.2, 0.25) is 0 Å². The molecule has 0 saturated carbocycles. The Balaban J connectivity index is 3.07. The molecule has 0 unspecified atom stereocenters. The molecule has 0 aliphatic rings. The third-order valence-electron chi connectivity index (χ3n) is 1.91. The molecular formula is C12H11F3O2. The lowest BCUT2D eigenvalue weighted by Crippen LogP contribution is -2.22. The lowest BCUT2D eigenvalue weighted by atomic mass is 10.1. The lowest BCUT2D eigenvalue weighted by molar-refractivity contribution is -0.149. The molecule has 17 heavy (non-hydrogen) atoms. The molecule has 1 aromatic rings. The molecule has 92 valence electrons. The van der Waals surface area contributed by atoms with Crippen molar-refractivity contribution in [2.75, 3.05) is 6.61 Å². The summed E-state index contributed by atoms with van der Waals surface area (Å²) >= 11 is 0. The predicted molar refractivity (Wildman–Crippen MR) is 57.1 cm³/mol. The number of esters is 1. The van der Waals surface area contributed by atoms with Gasteiger partial charge in [-0.05, 0) is 18.6 Å². The number of carbonyl (C=O) groups is 1. The Morgan fingerprint density at radius 1 is 1.29 bits per heavy atom. The van der Waals surface area contributed by atoms with E-state index in [0.717, 1.165) is 6.08 Å². The van der Waals surface area contributed by atoms with Gasteiger partial charge >= 0.3 is 12.1 Å². The lowest BCUT2D eigenvalue weighted by Gasteiger charge is -2.10. The van der Waals surface area contributed by atoms with E-state index in [-0.39, 0.29) is 6.61 Å². The van der Waals surface area contributed by atoms with E-state index in [2.05, 4.69) is 4.74 Å². The van der Waals surface area contributed by atoms with Crippen LogP contribution in [-0.2, 0) is 9.53 Å². The Labute approximate surface area is 96.7 Å². The van der Waals surface area contributed by atoms with E-state index < -0.39 is 17.7 Å². The van der Waals surface area contributed by atoms with Gasteiger partial charge in [0.1, 0.15) is 5.57 Å². The van der Waals surface area contributed by atoms with Crippen molar-refractivity contribution in [3.8, 4) is 0 Å². The first-order chi connectivity index (χ1) is 7.95. The largest absolute Gasteiger partial charge is 0.462 e. The van der Waals surface area contributed by atoms with Crippen molar-refractivity contribution >= 4 is 12.0 Å². The maximum Gasteiger partial charge on any atom is 0.423 e. The molecule has 2 nitrogen and oxygen atoms in total. The van der Waals surface area contributed by atoms with Gasteiger partial charge in [0.25, 0.3) is 0 Å². The Morgan fingerprint density at radius 3 is 2.35 bits per heavy atom. The molecular weight excluding hydrogens is 233 g/mol. The molecule has 0 atom stereocenters. The maximum atomic E-state index is 12.6. The zero-order chi connectivity index (χ0) is 12.9. The summed E-state index contributed by atoms with van der Waals surface area (Å²) in [4.78, 5) is 11.2. The number of ether oxygens (including phenoxy) is 1. The van der Waals surface area contributed by atoms with Crippen LogP contribution >= 0.6 is 0 Å². The van der Waals surface area contributed by atoms with Crippen LogP contribution in [0.3, 0.4) is 0 Å². The summed E-state index contributed by atoms with van der Waals surface area (Å²) in [5, 5.41) is 0. The van der Waals surface area contributed by atoms with Crippen molar-refractivity contribution in [1.82, 2.24) is 0 Å². The summed E-state index contributed by atoms with van der Waals surface area (Å²) in [6, 6.07) is 7.81. The molecule has 0 aromatic heterocycles. The smallest absolute Gasteiger partial charge is 0.423 e. The SMILES string of the molecule is CCOC(=O)/C(=C/c1ccccc1)C(F)(F)F. The number of benzene rings is 1. The van der Waals surface area contributed by atoms with Gasteiger partial charge < -0.3 is 4.74 Å². The highest BCUT2D eigenvalue weighted by Gasteiger charge is 2.39. The fourth-order valence-electron chi connectivity index (χ4n) is 1.18. The topological polar surface area (TPSA) is 26.3 Å². The Hall–Kier alpha value is -1.78. The molecule has 0 spiro atoms. The quantitative estimate of drug-likeness (QED) is 0.603. The molecule has 0 N–H and O–H groups in total. The van der Waals surface area contributed by atoms with Crippen molar-refractivity contribution < 1.29 is 22.7 Å². The molecule has 0 bridgehead atoms. The first-order valence-corrected chi connectivity index (χ1v) is 4.96. The van der Waals surface area contributed by atoms with E-state index in [4.69, 9.17) is 0 Å². The monoisotopic (exact) mass is 244 g/mol. The van der Waals surface area contributed by atoms with Gasteiger partial charge in [-0.25, -0.2) is 4.79 Å².